The molecule has 2 nitrogen and oxygen atoms in total. The van der Waals surface area contributed by atoms with Crippen molar-refractivity contribution in [1.29, 1.82) is 0 Å². The van der Waals surface area contributed by atoms with Gasteiger partial charge in [-0.25, -0.2) is 0 Å². The third kappa shape index (κ3) is 0.904. The minimum absolute atomic E-state index is 0.678. The molecule has 0 heterocycles. The van der Waals surface area contributed by atoms with Crippen LogP contribution < -0.4 is 11.5 Å². The van der Waals surface area contributed by atoms with E-state index in [1.54, 1.807) is 24.3 Å². The largest absolute Gasteiger partial charge is 0.399 e. The van der Waals surface area contributed by atoms with Gasteiger partial charge in [-0.05, 0) is 18.2 Å². The Hall–Kier alpha value is -1.18. The second-order valence-corrected chi connectivity index (χ2v) is 1.58. The lowest BCUT2D eigenvalue weighted by Crippen LogP contribution is -1.87. The molecule has 2 heteroatoms. The predicted molar refractivity (Wildman–Crippen MR) is 35.3 cm³/mol. The van der Waals surface area contributed by atoms with Crippen LogP contribution in [0.5, 0.6) is 0 Å². The second kappa shape index (κ2) is 1.74. The highest BCUT2D eigenvalue weighted by molar-refractivity contribution is 5.50. The number of benzene rings is 1. The van der Waals surface area contributed by atoms with Gasteiger partial charge in [0.05, 0.1) is 0 Å². The van der Waals surface area contributed by atoms with E-state index in [2.05, 4.69) is 11.5 Å². The zero-order valence-electron chi connectivity index (χ0n) is 6.31. The van der Waals surface area contributed by atoms with Gasteiger partial charge >= 0.3 is 0 Å². The van der Waals surface area contributed by atoms with Crippen molar-refractivity contribution in [3.05, 3.63) is 24.3 Å². The number of nitrogens with two attached hydrogens (primary N) is 2. The molecule has 4 N–H and O–H groups in total. The molecular formula is C6H8N2. The Morgan fingerprint density at radius 2 is 1.88 bits per heavy atom. The summed E-state index contributed by atoms with van der Waals surface area (Å²) in [7, 11) is 0. The van der Waals surface area contributed by atoms with E-state index in [0.717, 1.165) is 0 Å². The maximum Gasteiger partial charge on any atom is 0.156 e. The summed E-state index contributed by atoms with van der Waals surface area (Å²) in [4.78, 5) is 0. The van der Waals surface area contributed by atoms with Crippen LogP contribution >= 0.6 is 0 Å². The minimum Gasteiger partial charge on any atom is -0.399 e. The molecule has 0 fully saturated rings. The molecule has 0 aromatic heterocycles. The Morgan fingerprint density at radius 1 is 1.25 bits per heavy atom. The average molecular weight is 110 g/mol. The fourth-order valence-electron chi connectivity index (χ4n) is 0.519. The SMILES string of the molecule is [2H]Nc1cccc(N[2H])c1. The van der Waals surface area contributed by atoms with Crippen LogP contribution in [0.15, 0.2) is 24.3 Å². The van der Waals surface area contributed by atoms with Crippen LogP contribution in [0.4, 0.5) is 11.4 Å². The van der Waals surface area contributed by atoms with Gasteiger partial charge in [-0.3, -0.25) is 0 Å². The third-order valence-corrected chi connectivity index (χ3v) is 0.863. The molecule has 0 spiro atoms. The van der Waals surface area contributed by atoms with Crippen molar-refractivity contribution < 1.29 is 2.82 Å². The van der Waals surface area contributed by atoms with Crippen molar-refractivity contribution in [2.24, 2.45) is 0 Å². The van der Waals surface area contributed by atoms with Crippen molar-refractivity contribution in [1.82, 2.24) is 0 Å². The van der Waals surface area contributed by atoms with Gasteiger partial charge in [-0.15, -0.1) is 0 Å². The van der Waals surface area contributed by atoms with Crippen LogP contribution in [0.25, 0.3) is 0 Å². The molecule has 0 saturated carbocycles. The van der Waals surface area contributed by atoms with Gasteiger partial charge in [0.1, 0.15) is 0 Å². The maximum atomic E-state index is 6.78. The molecule has 0 unspecified atom stereocenters. The molecule has 0 amide bonds. The highest BCUT2D eigenvalue weighted by Gasteiger charge is 1.81. The molecule has 0 bridgehead atoms. The Morgan fingerprint density at radius 3 is 2.38 bits per heavy atom. The number of rotatable bonds is 2. The minimum atomic E-state index is 0.678. The van der Waals surface area contributed by atoms with Crippen molar-refractivity contribution in [2.75, 3.05) is 11.5 Å². The normalized spacial score (nSPS) is 11.5. The summed E-state index contributed by atoms with van der Waals surface area (Å²) in [5.41, 5.74) is 5.81. The lowest BCUT2D eigenvalue weighted by Gasteiger charge is -1.91. The Bertz CT molecular complexity index is 195. The van der Waals surface area contributed by atoms with Crippen LogP contribution in [-0.4, -0.2) is 0 Å². The average Bonchev–Trinajstić information content (AvgIpc) is 2.05. The number of nitrogen functional groups attached to an aromatic ring is 2. The first-order valence-corrected chi connectivity index (χ1v) is 2.32. The fourth-order valence-corrected chi connectivity index (χ4v) is 0.519. The van der Waals surface area contributed by atoms with Crippen LogP contribution in [-0.2, 0) is 0 Å². The fraction of sp³-hybridized carbons (Fsp3) is 0. The summed E-state index contributed by atoms with van der Waals surface area (Å²) in [5.74, 6) is 0. The molecule has 1 aromatic rings. The first-order chi connectivity index (χ1) is 4.86. The molecular weight excluding hydrogens is 100 g/mol. The summed E-state index contributed by atoms with van der Waals surface area (Å²) >= 11 is 0. The van der Waals surface area contributed by atoms with Crippen molar-refractivity contribution in [3.63, 3.8) is 0 Å². The number of hydrogen-bond donors (Lipinski definition) is 2. The van der Waals surface area contributed by atoms with Gasteiger partial charge in [0, 0.05) is 11.4 Å². The van der Waals surface area contributed by atoms with Crippen molar-refractivity contribution >= 4 is 11.4 Å². The van der Waals surface area contributed by atoms with Crippen LogP contribution in [0.3, 0.4) is 0 Å². The molecule has 42 valence electrons. The van der Waals surface area contributed by atoms with Crippen molar-refractivity contribution in [3.8, 4) is 0 Å². The Balaban J connectivity index is 2.87. The molecule has 0 atom stereocenters. The molecule has 1 aromatic carbocycles. The van der Waals surface area contributed by atoms with E-state index in [9.17, 15) is 0 Å². The topological polar surface area (TPSA) is 52.0 Å². The highest BCUT2D eigenvalue weighted by Crippen LogP contribution is 2.06. The molecule has 0 aliphatic carbocycles. The summed E-state index contributed by atoms with van der Waals surface area (Å²) < 4.78 is 13.6. The first kappa shape index (κ1) is 2.97. The van der Waals surface area contributed by atoms with Gasteiger partial charge in [-0.2, -0.15) is 0 Å². The summed E-state index contributed by atoms with van der Waals surface area (Å²) in [6.07, 6.45) is 0. The number of hydrogen-bond acceptors (Lipinski definition) is 2. The third-order valence-electron chi connectivity index (χ3n) is 0.863. The summed E-state index contributed by atoms with van der Waals surface area (Å²) in [6.45, 7) is 0. The molecule has 0 saturated heterocycles. The lowest BCUT2D eigenvalue weighted by atomic mass is 10.3. The molecule has 1 rings (SSSR count). The Labute approximate surface area is 51.0 Å². The van der Waals surface area contributed by atoms with Gasteiger partial charge in [0.2, 0.25) is 0 Å². The quantitative estimate of drug-likeness (QED) is 0.554. The van der Waals surface area contributed by atoms with Gasteiger partial charge in [-0.1, -0.05) is 6.07 Å². The Kier molecular flexibility index (Phi) is 0.645. The molecule has 0 aliphatic heterocycles. The van der Waals surface area contributed by atoms with E-state index in [1.807, 2.05) is 0 Å². The van der Waals surface area contributed by atoms with Gasteiger partial charge in [0.15, 0.2) is 2.82 Å². The second-order valence-electron chi connectivity index (χ2n) is 1.58. The smallest absolute Gasteiger partial charge is 0.156 e. The summed E-state index contributed by atoms with van der Waals surface area (Å²) in [6, 6.07) is 6.97. The standard InChI is InChI=1S/C6H8N2/c7-5-2-1-3-6(8)4-5/h1-4H,7-8H2/i/hD2. The molecule has 8 heavy (non-hydrogen) atoms. The first-order valence-electron chi connectivity index (χ1n) is 3.32. The van der Waals surface area contributed by atoms with E-state index in [0.29, 0.717) is 11.4 Å². The summed E-state index contributed by atoms with van der Waals surface area (Å²) in [5, 5.41) is 0. The van der Waals surface area contributed by atoms with E-state index in [1.165, 1.54) is 0 Å². The van der Waals surface area contributed by atoms with Gasteiger partial charge in [0.25, 0.3) is 0 Å². The predicted octanol–water partition coefficient (Wildman–Crippen LogP) is 0.851. The van der Waals surface area contributed by atoms with Crippen LogP contribution in [0.2, 0.25) is 2.82 Å². The zero-order chi connectivity index (χ0) is 7.40. The van der Waals surface area contributed by atoms with Gasteiger partial charge < -0.3 is 11.5 Å². The highest BCUT2D eigenvalue weighted by atomic mass is 14.6. The van der Waals surface area contributed by atoms with E-state index < -0.39 is 0 Å². The maximum absolute atomic E-state index is 6.78. The molecule has 0 aliphatic rings. The monoisotopic (exact) mass is 110 g/mol. The molecule has 0 radical (unpaired) electrons. The van der Waals surface area contributed by atoms with Crippen molar-refractivity contribution in [2.45, 2.75) is 0 Å². The lowest BCUT2D eigenvalue weighted by molar-refractivity contribution is 1.67. The van der Waals surface area contributed by atoms with E-state index in [4.69, 9.17) is 2.82 Å². The number of anilines is 2. The van der Waals surface area contributed by atoms with Crippen LogP contribution in [0, 0.1) is 0 Å². The zero-order valence-corrected chi connectivity index (χ0v) is 4.31. The van der Waals surface area contributed by atoms with E-state index in [-0.39, 0.29) is 0 Å². The van der Waals surface area contributed by atoms with Crippen LogP contribution in [0.1, 0.15) is 0 Å². The van der Waals surface area contributed by atoms with E-state index >= 15 is 0 Å².